The lowest BCUT2D eigenvalue weighted by Crippen LogP contribution is -2.36. The van der Waals surface area contributed by atoms with Gasteiger partial charge in [0.05, 0.1) is 6.54 Å². The van der Waals surface area contributed by atoms with Gasteiger partial charge in [0.15, 0.2) is 11.5 Å². The average Bonchev–Trinajstić information content (AvgIpc) is 3.33. The Bertz CT molecular complexity index is 803. The lowest BCUT2D eigenvalue weighted by molar-refractivity contribution is -0.122. The van der Waals surface area contributed by atoms with E-state index in [1.165, 1.54) is 5.56 Å². The number of nitrogens with one attached hydrogen (secondary N) is 1. The number of benzene rings is 2. The van der Waals surface area contributed by atoms with Crippen LogP contribution in [0.4, 0.5) is 0 Å². The Morgan fingerprint density at radius 1 is 1.11 bits per heavy atom. The van der Waals surface area contributed by atoms with Crippen LogP contribution in [-0.2, 0) is 11.3 Å². The number of hydrogen-bond acceptors (Lipinski definition) is 5. The molecule has 0 radical (unpaired) electrons. The molecule has 7 heteroatoms. The molecule has 2 aliphatic heterocycles. The van der Waals surface area contributed by atoms with E-state index < -0.39 is 0 Å². The summed E-state index contributed by atoms with van der Waals surface area (Å²) in [6.07, 6.45) is 0. The number of nitrogens with zero attached hydrogens (tertiary/aromatic N) is 1. The van der Waals surface area contributed by atoms with Crippen molar-refractivity contribution in [1.29, 1.82) is 0 Å². The molecule has 0 bridgehead atoms. The van der Waals surface area contributed by atoms with Crippen LogP contribution in [0.2, 0.25) is 0 Å². The minimum absolute atomic E-state index is 0. The van der Waals surface area contributed by atoms with Gasteiger partial charge < -0.3 is 20.5 Å². The summed E-state index contributed by atoms with van der Waals surface area (Å²) < 4.78 is 10.7. The molecule has 4 rings (SSSR count). The smallest absolute Gasteiger partial charge is 0.234 e. The molecule has 6 nitrogen and oxygen atoms in total. The number of hydrogen-bond donors (Lipinski definition) is 2. The predicted octanol–water partition coefficient (Wildman–Crippen LogP) is 2.13. The Morgan fingerprint density at radius 2 is 1.89 bits per heavy atom. The summed E-state index contributed by atoms with van der Waals surface area (Å²) in [6.45, 7) is 3.48. The molecule has 150 valence electrons. The van der Waals surface area contributed by atoms with Gasteiger partial charge in [-0.2, -0.15) is 0 Å². The van der Waals surface area contributed by atoms with Crippen LogP contribution in [-0.4, -0.2) is 43.8 Å². The van der Waals surface area contributed by atoms with Crippen molar-refractivity contribution in [2.75, 3.05) is 33.0 Å². The molecule has 0 aliphatic carbocycles. The summed E-state index contributed by atoms with van der Waals surface area (Å²) in [4.78, 5) is 14.6. The van der Waals surface area contributed by atoms with Gasteiger partial charge >= 0.3 is 0 Å². The van der Waals surface area contributed by atoms with E-state index in [0.717, 1.165) is 30.2 Å². The average molecular weight is 404 g/mol. The van der Waals surface area contributed by atoms with Crippen LogP contribution in [0.25, 0.3) is 0 Å². The fourth-order valence-electron chi connectivity index (χ4n) is 3.92. The predicted molar refractivity (Wildman–Crippen MR) is 110 cm³/mol. The number of likely N-dealkylation sites (tertiary alicyclic amines) is 1. The fourth-order valence-corrected chi connectivity index (χ4v) is 3.92. The SMILES string of the molecule is Cl.NC[C@@H]1CN(CC(=O)NCc2ccc3c(c2)OCO3)C[C@H]1c1ccccc1. The van der Waals surface area contributed by atoms with Gasteiger partial charge in [-0.15, -0.1) is 12.4 Å². The van der Waals surface area contributed by atoms with E-state index >= 15 is 0 Å². The highest BCUT2D eigenvalue weighted by atomic mass is 35.5. The van der Waals surface area contributed by atoms with Crippen molar-refractivity contribution in [2.24, 2.45) is 11.7 Å². The largest absolute Gasteiger partial charge is 0.454 e. The second-order valence-electron chi connectivity index (χ2n) is 7.17. The summed E-state index contributed by atoms with van der Waals surface area (Å²) in [5, 5.41) is 3.00. The second-order valence-corrected chi connectivity index (χ2v) is 7.17. The monoisotopic (exact) mass is 403 g/mol. The van der Waals surface area contributed by atoms with Crippen molar-refractivity contribution in [3.63, 3.8) is 0 Å². The molecule has 1 amide bonds. The van der Waals surface area contributed by atoms with Crippen LogP contribution >= 0.6 is 12.4 Å². The van der Waals surface area contributed by atoms with E-state index in [1.54, 1.807) is 0 Å². The first kappa shape index (κ1) is 20.5. The first-order chi connectivity index (χ1) is 13.2. The lowest BCUT2D eigenvalue weighted by Gasteiger charge is -2.16. The Labute approximate surface area is 171 Å². The van der Waals surface area contributed by atoms with Crippen LogP contribution in [0, 0.1) is 5.92 Å². The molecule has 1 saturated heterocycles. The van der Waals surface area contributed by atoms with E-state index in [4.69, 9.17) is 15.2 Å². The van der Waals surface area contributed by atoms with Gasteiger partial charge in [0.25, 0.3) is 0 Å². The highest BCUT2D eigenvalue weighted by Crippen LogP contribution is 2.33. The fraction of sp³-hybridized carbons (Fsp3) is 0.381. The topological polar surface area (TPSA) is 76.8 Å². The first-order valence-electron chi connectivity index (χ1n) is 9.35. The van der Waals surface area contributed by atoms with Crippen molar-refractivity contribution < 1.29 is 14.3 Å². The van der Waals surface area contributed by atoms with E-state index in [2.05, 4.69) is 34.5 Å². The third kappa shape index (κ3) is 4.58. The molecule has 2 aromatic carbocycles. The number of nitrogens with two attached hydrogens (primary N) is 1. The summed E-state index contributed by atoms with van der Waals surface area (Å²) in [5.41, 5.74) is 8.28. The Morgan fingerprint density at radius 3 is 2.68 bits per heavy atom. The standard InChI is InChI=1S/C21H25N3O3.ClH/c22-9-17-11-24(12-18(17)16-4-2-1-3-5-16)13-21(25)23-10-15-6-7-19-20(8-15)27-14-26-19;/h1-8,17-18H,9-14,22H2,(H,23,25);1H/t17-,18+;/m1./s1. The van der Waals surface area contributed by atoms with Crippen molar-refractivity contribution in [3.8, 4) is 11.5 Å². The van der Waals surface area contributed by atoms with Gasteiger partial charge in [-0.25, -0.2) is 0 Å². The molecule has 2 heterocycles. The second kappa shape index (κ2) is 9.28. The molecule has 28 heavy (non-hydrogen) atoms. The quantitative estimate of drug-likeness (QED) is 0.772. The Balaban J connectivity index is 0.00000225. The Hall–Kier alpha value is -2.28. The molecule has 2 aromatic rings. The van der Waals surface area contributed by atoms with Crippen molar-refractivity contribution >= 4 is 18.3 Å². The third-order valence-corrected chi connectivity index (χ3v) is 5.34. The molecule has 2 aliphatic rings. The van der Waals surface area contributed by atoms with Gasteiger partial charge in [-0.1, -0.05) is 36.4 Å². The number of amides is 1. The zero-order valence-electron chi connectivity index (χ0n) is 15.7. The number of carbonyl (C=O) groups is 1. The van der Waals surface area contributed by atoms with E-state index in [9.17, 15) is 4.79 Å². The van der Waals surface area contributed by atoms with Crippen LogP contribution in [0.3, 0.4) is 0 Å². The maximum Gasteiger partial charge on any atom is 0.234 e. The third-order valence-electron chi connectivity index (χ3n) is 5.34. The summed E-state index contributed by atoms with van der Waals surface area (Å²) in [5.74, 6) is 2.28. The molecular weight excluding hydrogens is 378 g/mol. The summed E-state index contributed by atoms with van der Waals surface area (Å²) in [6, 6.07) is 16.2. The van der Waals surface area contributed by atoms with Gasteiger partial charge in [-0.05, 0) is 35.7 Å². The Kier molecular flexibility index (Phi) is 6.78. The highest BCUT2D eigenvalue weighted by Gasteiger charge is 2.33. The lowest BCUT2D eigenvalue weighted by atomic mass is 9.89. The molecule has 2 atom stereocenters. The van der Waals surface area contributed by atoms with Crippen molar-refractivity contribution in [2.45, 2.75) is 12.5 Å². The van der Waals surface area contributed by atoms with Crippen LogP contribution in [0.1, 0.15) is 17.0 Å². The summed E-state index contributed by atoms with van der Waals surface area (Å²) >= 11 is 0. The van der Waals surface area contributed by atoms with E-state index in [1.807, 2.05) is 24.3 Å². The number of rotatable bonds is 6. The van der Waals surface area contributed by atoms with Gasteiger partial charge in [0.1, 0.15) is 0 Å². The number of fused-ring (bicyclic) bond motifs is 1. The van der Waals surface area contributed by atoms with E-state index in [0.29, 0.717) is 31.5 Å². The molecule has 0 unspecified atom stereocenters. The number of carbonyl (C=O) groups excluding carboxylic acids is 1. The van der Waals surface area contributed by atoms with Crippen LogP contribution < -0.4 is 20.5 Å². The molecular formula is C21H26ClN3O3. The summed E-state index contributed by atoms with van der Waals surface area (Å²) in [7, 11) is 0. The van der Waals surface area contributed by atoms with E-state index in [-0.39, 0.29) is 25.1 Å². The number of halogens is 1. The van der Waals surface area contributed by atoms with Crippen molar-refractivity contribution in [3.05, 3.63) is 59.7 Å². The molecule has 1 fully saturated rings. The minimum atomic E-state index is 0. The van der Waals surface area contributed by atoms with Crippen molar-refractivity contribution in [1.82, 2.24) is 10.2 Å². The first-order valence-corrected chi connectivity index (χ1v) is 9.35. The zero-order chi connectivity index (χ0) is 18.6. The highest BCUT2D eigenvalue weighted by molar-refractivity contribution is 5.85. The number of ether oxygens (including phenoxy) is 2. The van der Waals surface area contributed by atoms with Crippen LogP contribution in [0.5, 0.6) is 11.5 Å². The zero-order valence-corrected chi connectivity index (χ0v) is 16.5. The van der Waals surface area contributed by atoms with Crippen LogP contribution in [0.15, 0.2) is 48.5 Å². The maximum absolute atomic E-state index is 12.4. The molecule has 3 N–H and O–H groups in total. The maximum atomic E-state index is 12.4. The minimum Gasteiger partial charge on any atom is -0.454 e. The molecule has 0 aromatic heterocycles. The molecule has 0 spiro atoms. The van der Waals surface area contributed by atoms with Gasteiger partial charge in [0, 0.05) is 25.6 Å². The van der Waals surface area contributed by atoms with Gasteiger partial charge in [-0.3, -0.25) is 9.69 Å². The van der Waals surface area contributed by atoms with Gasteiger partial charge in [0.2, 0.25) is 12.7 Å². The molecule has 0 saturated carbocycles. The normalized spacial score (nSPS) is 20.6.